The Kier molecular flexibility index (Phi) is 6.33. The van der Waals surface area contributed by atoms with E-state index in [9.17, 15) is 13.6 Å². The van der Waals surface area contributed by atoms with Gasteiger partial charge in [-0.25, -0.2) is 14.2 Å². The van der Waals surface area contributed by atoms with Gasteiger partial charge in [-0.3, -0.25) is 25.3 Å². The Bertz CT molecular complexity index is 542. The number of piperidine rings is 1. The second-order valence-corrected chi connectivity index (χ2v) is 9.46. The third-order valence-electron chi connectivity index (χ3n) is 6.97. The van der Waals surface area contributed by atoms with E-state index in [4.69, 9.17) is 0 Å². The van der Waals surface area contributed by atoms with E-state index in [1.165, 1.54) is 0 Å². The molecule has 9 heteroatoms. The van der Waals surface area contributed by atoms with Gasteiger partial charge in [0.05, 0.1) is 0 Å². The van der Waals surface area contributed by atoms with Gasteiger partial charge in [0.25, 0.3) is 0 Å². The molecule has 0 aromatic carbocycles. The predicted molar refractivity (Wildman–Crippen MR) is 103 cm³/mol. The van der Waals surface area contributed by atoms with E-state index in [-0.39, 0.29) is 22.7 Å². The number of rotatable bonds is 4. The number of carbonyl (C=O) groups excluding carboxylic acids is 1. The molecule has 1 amide bonds. The maximum atomic E-state index is 13.4. The number of fused-ring (bicyclic) bond motifs is 1. The maximum Gasteiger partial charge on any atom is 0.249 e. The number of halogens is 3. The van der Waals surface area contributed by atoms with Crippen LogP contribution in [0.1, 0.15) is 32.1 Å². The molecule has 1 saturated carbocycles. The average molecular weight is 450 g/mol. The zero-order chi connectivity index (χ0) is 19.0. The number of nitrogens with zero attached hydrogens (tertiary/aromatic N) is 2. The van der Waals surface area contributed by atoms with Gasteiger partial charge in [-0.15, -0.1) is 0 Å². The molecule has 3 saturated heterocycles. The van der Waals surface area contributed by atoms with E-state index in [1.54, 1.807) is 0 Å². The van der Waals surface area contributed by atoms with Crippen molar-refractivity contribution < 1.29 is 13.6 Å². The number of hydrogen-bond acceptors (Lipinski definition) is 5. The van der Waals surface area contributed by atoms with E-state index in [0.29, 0.717) is 18.5 Å². The number of likely N-dealkylation sites (tertiary alicyclic amines) is 1. The summed E-state index contributed by atoms with van der Waals surface area (Å²) in [6.07, 6.45) is 2.46. The first kappa shape index (κ1) is 19.9. The Balaban J connectivity index is 1.34. The first-order valence-corrected chi connectivity index (χ1v) is 11.1. The van der Waals surface area contributed by atoms with Crippen molar-refractivity contribution in [1.29, 1.82) is 0 Å². The molecule has 6 unspecified atom stereocenters. The fourth-order valence-corrected chi connectivity index (χ4v) is 6.09. The van der Waals surface area contributed by atoms with Crippen LogP contribution in [-0.2, 0) is 4.79 Å². The van der Waals surface area contributed by atoms with E-state index in [2.05, 4.69) is 41.9 Å². The van der Waals surface area contributed by atoms with Crippen LogP contribution >= 0.6 is 15.9 Å². The van der Waals surface area contributed by atoms with Gasteiger partial charge in [-0.1, -0.05) is 28.8 Å². The summed E-state index contributed by atoms with van der Waals surface area (Å²) in [4.78, 5) is 16.5. The lowest BCUT2D eigenvalue weighted by atomic mass is 9.79. The van der Waals surface area contributed by atoms with Crippen molar-refractivity contribution in [3.8, 4) is 0 Å². The zero-order valence-corrected chi connectivity index (χ0v) is 17.1. The first-order chi connectivity index (χ1) is 13.0. The van der Waals surface area contributed by atoms with Crippen LogP contribution in [0.5, 0.6) is 0 Å². The molecule has 1 aliphatic carbocycles. The molecule has 4 fully saturated rings. The molecule has 3 aliphatic heterocycles. The van der Waals surface area contributed by atoms with E-state index in [0.717, 1.165) is 58.5 Å². The minimum Gasteiger partial charge on any atom is -0.299 e. The number of hydrogen-bond donors (Lipinski definition) is 3. The Morgan fingerprint density at radius 3 is 2.81 bits per heavy atom. The van der Waals surface area contributed by atoms with Crippen LogP contribution in [0.2, 0.25) is 0 Å². The molecule has 4 aliphatic rings. The zero-order valence-electron chi connectivity index (χ0n) is 15.5. The number of carbonyl (C=O) groups is 1. The topological polar surface area (TPSA) is 59.6 Å². The fourth-order valence-electron chi connectivity index (χ4n) is 5.46. The van der Waals surface area contributed by atoms with Crippen LogP contribution < -0.4 is 16.2 Å². The van der Waals surface area contributed by atoms with Crippen molar-refractivity contribution in [2.75, 3.05) is 32.8 Å². The van der Waals surface area contributed by atoms with Crippen molar-refractivity contribution in [2.24, 2.45) is 11.8 Å². The minimum atomic E-state index is -2.19. The Morgan fingerprint density at radius 2 is 2.00 bits per heavy atom. The molecular weight excluding hydrogens is 420 g/mol. The largest absolute Gasteiger partial charge is 0.299 e. The molecular formula is C18H30BrF2N5O. The Morgan fingerprint density at radius 1 is 1.19 bits per heavy atom. The molecule has 0 aromatic rings. The molecule has 4 rings (SSSR count). The average Bonchev–Trinajstić information content (AvgIpc) is 3.06. The molecule has 0 radical (unpaired) electrons. The quantitative estimate of drug-likeness (QED) is 0.561. The highest BCUT2D eigenvalue weighted by Crippen LogP contribution is 2.36. The highest BCUT2D eigenvalue weighted by atomic mass is 79.9. The molecule has 3 heterocycles. The summed E-state index contributed by atoms with van der Waals surface area (Å²) in [5.74, 6) is -0.334. The van der Waals surface area contributed by atoms with Gasteiger partial charge in [-0.2, -0.15) is 0 Å². The van der Waals surface area contributed by atoms with Crippen LogP contribution in [0.4, 0.5) is 8.78 Å². The number of alkyl halides is 3. The lowest BCUT2D eigenvalue weighted by Crippen LogP contribution is -2.65. The summed E-state index contributed by atoms with van der Waals surface area (Å²) >= 11 is 3.53. The van der Waals surface area contributed by atoms with Crippen LogP contribution in [-0.4, -0.2) is 77.9 Å². The van der Waals surface area contributed by atoms with Gasteiger partial charge >= 0.3 is 0 Å². The summed E-state index contributed by atoms with van der Waals surface area (Å²) in [7, 11) is 0. The SMILES string of the molecule is O=C1NNCC(N2CCC3C(C2)NCN3CC2CCCCC2C(F)F)C1Br. The standard InChI is InChI=1S/C18H30BrF2N5O/c19-16-15(7-23-24-18(16)27)25-6-5-14-13(9-25)22-10-26(14)8-11-3-1-2-4-12(11)17(20)21/h11-17,22-23H,1-10H2,(H,24,27). The Hall–Kier alpha value is -0.350. The highest BCUT2D eigenvalue weighted by molar-refractivity contribution is 9.10. The predicted octanol–water partition coefficient (Wildman–Crippen LogP) is 1.13. The first-order valence-electron chi connectivity index (χ1n) is 10.2. The molecule has 0 spiro atoms. The van der Waals surface area contributed by atoms with Crippen molar-refractivity contribution in [1.82, 2.24) is 26.0 Å². The summed E-state index contributed by atoms with van der Waals surface area (Å²) in [6.45, 7) is 4.13. The molecule has 6 nitrogen and oxygen atoms in total. The van der Waals surface area contributed by atoms with Crippen LogP contribution in [0, 0.1) is 11.8 Å². The summed E-state index contributed by atoms with van der Waals surface area (Å²) in [6, 6.07) is 0.898. The molecule has 3 N–H and O–H groups in total. The van der Waals surface area contributed by atoms with Gasteiger partial charge in [0.1, 0.15) is 4.83 Å². The molecule has 6 atom stereocenters. The number of amides is 1. The van der Waals surface area contributed by atoms with E-state index >= 15 is 0 Å². The summed E-state index contributed by atoms with van der Waals surface area (Å²) in [5, 5.41) is 3.60. The molecule has 0 aromatic heterocycles. The van der Waals surface area contributed by atoms with Crippen LogP contribution in [0.3, 0.4) is 0 Å². The van der Waals surface area contributed by atoms with Crippen molar-refractivity contribution in [3.63, 3.8) is 0 Å². The third kappa shape index (κ3) is 4.17. The van der Waals surface area contributed by atoms with E-state index < -0.39 is 12.3 Å². The molecule has 27 heavy (non-hydrogen) atoms. The number of hydrazine groups is 1. The van der Waals surface area contributed by atoms with E-state index in [1.807, 2.05) is 0 Å². The second-order valence-electron chi connectivity index (χ2n) is 8.47. The van der Waals surface area contributed by atoms with Gasteiger partial charge in [-0.05, 0) is 25.2 Å². The minimum absolute atomic E-state index is 0.0234. The van der Waals surface area contributed by atoms with Crippen molar-refractivity contribution in [3.05, 3.63) is 0 Å². The summed E-state index contributed by atoms with van der Waals surface area (Å²) < 4.78 is 26.8. The van der Waals surface area contributed by atoms with Crippen molar-refractivity contribution >= 4 is 21.8 Å². The maximum absolute atomic E-state index is 13.4. The van der Waals surface area contributed by atoms with Gasteiger partial charge < -0.3 is 0 Å². The van der Waals surface area contributed by atoms with Gasteiger partial charge in [0.15, 0.2) is 0 Å². The number of nitrogens with one attached hydrogen (secondary N) is 3. The smallest absolute Gasteiger partial charge is 0.249 e. The van der Waals surface area contributed by atoms with Crippen LogP contribution in [0.25, 0.3) is 0 Å². The molecule has 154 valence electrons. The third-order valence-corrected chi connectivity index (χ3v) is 8.00. The lowest BCUT2D eigenvalue weighted by molar-refractivity contribution is -0.124. The van der Waals surface area contributed by atoms with Gasteiger partial charge in [0.2, 0.25) is 12.3 Å². The monoisotopic (exact) mass is 449 g/mol. The summed E-state index contributed by atoms with van der Waals surface area (Å²) in [5.41, 5.74) is 5.64. The molecule has 0 bridgehead atoms. The lowest BCUT2D eigenvalue weighted by Gasteiger charge is -2.44. The Labute approximate surface area is 167 Å². The fraction of sp³-hybridized carbons (Fsp3) is 0.944. The second kappa shape index (κ2) is 8.57. The normalized spacial score (nSPS) is 41.6. The van der Waals surface area contributed by atoms with Crippen LogP contribution in [0.15, 0.2) is 0 Å². The highest BCUT2D eigenvalue weighted by Gasteiger charge is 2.44. The van der Waals surface area contributed by atoms with Gasteiger partial charge in [0, 0.05) is 56.9 Å². The van der Waals surface area contributed by atoms with Crippen molar-refractivity contribution in [2.45, 2.75) is 61.5 Å².